The van der Waals surface area contributed by atoms with Gasteiger partial charge in [0.1, 0.15) is 12.1 Å². The zero-order valence-corrected chi connectivity index (χ0v) is 15.5. The Morgan fingerprint density at radius 3 is 2.27 bits per heavy atom. The Morgan fingerprint density at radius 1 is 1.00 bits per heavy atom. The van der Waals surface area contributed by atoms with Crippen LogP contribution in [0, 0.1) is 11.8 Å². The second-order valence-corrected chi connectivity index (χ2v) is 8.22. The molecule has 2 aromatic rings. The normalized spacial score (nSPS) is 22.6. The van der Waals surface area contributed by atoms with Crippen LogP contribution < -0.4 is 4.90 Å². The lowest BCUT2D eigenvalue weighted by molar-refractivity contribution is 0.0770. The predicted octanol–water partition coefficient (Wildman–Crippen LogP) is 1.77. The molecule has 26 heavy (non-hydrogen) atoms. The van der Waals surface area contributed by atoms with Crippen molar-refractivity contribution in [1.29, 1.82) is 0 Å². The van der Waals surface area contributed by atoms with E-state index in [2.05, 4.69) is 51.7 Å². The van der Waals surface area contributed by atoms with Crippen LogP contribution in [0.25, 0.3) is 0 Å². The summed E-state index contributed by atoms with van der Waals surface area (Å²) in [7, 11) is 0. The zero-order valence-electron chi connectivity index (χ0n) is 15.5. The smallest absolute Gasteiger partial charge is 0.291 e. The molecule has 7 heteroatoms. The Balaban J connectivity index is 1.43. The molecule has 136 valence electrons. The third-order valence-electron chi connectivity index (χ3n) is 5.28. The average Bonchev–Trinajstić information content (AvgIpc) is 3.20. The van der Waals surface area contributed by atoms with Gasteiger partial charge in [0.2, 0.25) is 5.82 Å². The van der Waals surface area contributed by atoms with Gasteiger partial charge in [-0.25, -0.2) is 19.9 Å². The van der Waals surface area contributed by atoms with Gasteiger partial charge in [-0.15, -0.1) is 0 Å². The van der Waals surface area contributed by atoms with Crippen molar-refractivity contribution < 1.29 is 4.79 Å². The van der Waals surface area contributed by atoms with Crippen molar-refractivity contribution in [2.45, 2.75) is 26.2 Å². The summed E-state index contributed by atoms with van der Waals surface area (Å²) in [5, 5.41) is 0. The maximum atomic E-state index is 12.6. The molecule has 2 saturated heterocycles. The second kappa shape index (κ2) is 6.30. The SMILES string of the molecule is CC(C)(C)c1cc(N2CC3CN(C(=O)c4ncccn4)CC3C2)ncn1. The van der Waals surface area contributed by atoms with Gasteiger partial charge in [-0.2, -0.15) is 0 Å². The molecule has 0 aromatic carbocycles. The van der Waals surface area contributed by atoms with Crippen LogP contribution in [0.15, 0.2) is 30.9 Å². The molecule has 4 heterocycles. The van der Waals surface area contributed by atoms with Gasteiger partial charge < -0.3 is 9.80 Å². The number of hydrogen-bond donors (Lipinski definition) is 0. The van der Waals surface area contributed by atoms with E-state index in [0.29, 0.717) is 11.8 Å². The van der Waals surface area contributed by atoms with Crippen molar-refractivity contribution in [2.24, 2.45) is 11.8 Å². The fourth-order valence-electron chi connectivity index (χ4n) is 3.83. The molecule has 2 unspecified atom stereocenters. The summed E-state index contributed by atoms with van der Waals surface area (Å²) >= 11 is 0. The topological polar surface area (TPSA) is 75.1 Å². The molecule has 2 fully saturated rings. The first-order valence-corrected chi connectivity index (χ1v) is 9.05. The molecule has 0 saturated carbocycles. The fraction of sp³-hybridized carbons (Fsp3) is 0.526. The van der Waals surface area contributed by atoms with E-state index in [1.54, 1.807) is 24.8 Å². The van der Waals surface area contributed by atoms with E-state index < -0.39 is 0 Å². The van der Waals surface area contributed by atoms with Gasteiger partial charge in [-0.1, -0.05) is 20.8 Å². The molecule has 0 bridgehead atoms. The summed E-state index contributed by atoms with van der Waals surface area (Å²) in [4.78, 5) is 33.8. The van der Waals surface area contributed by atoms with Crippen LogP contribution >= 0.6 is 0 Å². The van der Waals surface area contributed by atoms with Crippen LogP contribution in [0.2, 0.25) is 0 Å². The number of fused-ring (bicyclic) bond motifs is 1. The molecule has 0 radical (unpaired) electrons. The van der Waals surface area contributed by atoms with E-state index >= 15 is 0 Å². The zero-order chi connectivity index (χ0) is 18.3. The van der Waals surface area contributed by atoms with Gasteiger partial charge in [-0.3, -0.25) is 4.79 Å². The van der Waals surface area contributed by atoms with Crippen LogP contribution in [0.3, 0.4) is 0 Å². The number of hydrogen-bond acceptors (Lipinski definition) is 6. The summed E-state index contributed by atoms with van der Waals surface area (Å²) in [6, 6.07) is 3.82. The molecule has 0 aliphatic carbocycles. The van der Waals surface area contributed by atoms with Crippen molar-refractivity contribution in [1.82, 2.24) is 24.8 Å². The second-order valence-electron chi connectivity index (χ2n) is 8.22. The number of amides is 1. The summed E-state index contributed by atoms with van der Waals surface area (Å²) in [6.45, 7) is 9.84. The van der Waals surface area contributed by atoms with Crippen LogP contribution in [0.5, 0.6) is 0 Å². The van der Waals surface area contributed by atoms with E-state index in [1.807, 2.05) is 4.90 Å². The number of nitrogens with zero attached hydrogens (tertiary/aromatic N) is 6. The van der Waals surface area contributed by atoms with Gasteiger partial charge in [0, 0.05) is 61.9 Å². The minimum Gasteiger partial charge on any atom is -0.356 e. The van der Waals surface area contributed by atoms with Gasteiger partial charge in [0.05, 0.1) is 5.69 Å². The summed E-state index contributed by atoms with van der Waals surface area (Å²) in [5.74, 6) is 2.15. The standard InChI is InChI=1S/C19H24N6O/c1-19(2,3)15-7-16(23-12-22-15)24-8-13-10-25(11-14(13)9-24)18(26)17-20-5-4-6-21-17/h4-7,12-14H,8-11H2,1-3H3. The highest BCUT2D eigenvalue weighted by Crippen LogP contribution is 2.34. The molecule has 4 rings (SSSR count). The van der Waals surface area contributed by atoms with Crippen molar-refractivity contribution >= 4 is 11.7 Å². The van der Waals surface area contributed by atoms with E-state index in [9.17, 15) is 4.79 Å². The Hall–Kier alpha value is -2.57. The molecule has 2 aromatic heterocycles. The third-order valence-corrected chi connectivity index (χ3v) is 5.28. The Bertz CT molecular complexity index is 789. The molecule has 2 aliphatic rings. The largest absolute Gasteiger partial charge is 0.356 e. The molecule has 1 amide bonds. The Morgan fingerprint density at radius 2 is 1.65 bits per heavy atom. The molecular weight excluding hydrogens is 328 g/mol. The lowest BCUT2D eigenvalue weighted by Gasteiger charge is -2.24. The monoisotopic (exact) mass is 352 g/mol. The molecule has 0 N–H and O–H groups in total. The maximum absolute atomic E-state index is 12.6. The number of carbonyl (C=O) groups is 1. The van der Waals surface area contributed by atoms with Crippen LogP contribution in [-0.4, -0.2) is 56.9 Å². The number of likely N-dealkylation sites (tertiary alicyclic amines) is 1. The van der Waals surface area contributed by atoms with E-state index in [1.165, 1.54) is 0 Å². The van der Waals surface area contributed by atoms with Crippen molar-refractivity contribution in [2.75, 3.05) is 31.1 Å². The summed E-state index contributed by atoms with van der Waals surface area (Å²) in [6.07, 6.45) is 4.88. The highest BCUT2D eigenvalue weighted by Gasteiger charge is 2.42. The lowest BCUT2D eigenvalue weighted by atomic mass is 9.92. The van der Waals surface area contributed by atoms with Crippen molar-refractivity contribution in [3.8, 4) is 0 Å². The minimum atomic E-state index is -0.0661. The van der Waals surface area contributed by atoms with Crippen molar-refractivity contribution in [3.05, 3.63) is 42.4 Å². The van der Waals surface area contributed by atoms with E-state index in [4.69, 9.17) is 0 Å². The molecule has 2 atom stereocenters. The molecular formula is C19H24N6O. The van der Waals surface area contributed by atoms with E-state index in [-0.39, 0.29) is 17.1 Å². The molecule has 7 nitrogen and oxygen atoms in total. The quantitative estimate of drug-likeness (QED) is 0.820. The number of carbonyl (C=O) groups excluding carboxylic acids is 1. The van der Waals surface area contributed by atoms with Crippen LogP contribution in [0.1, 0.15) is 37.1 Å². The minimum absolute atomic E-state index is 0.00614. The van der Waals surface area contributed by atoms with Gasteiger partial charge >= 0.3 is 0 Å². The van der Waals surface area contributed by atoms with Gasteiger partial charge in [0.15, 0.2) is 0 Å². The van der Waals surface area contributed by atoms with Crippen LogP contribution in [-0.2, 0) is 5.41 Å². The van der Waals surface area contributed by atoms with Gasteiger partial charge in [0.25, 0.3) is 5.91 Å². The first-order chi connectivity index (χ1) is 12.4. The van der Waals surface area contributed by atoms with E-state index in [0.717, 1.165) is 37.7 Å². The average molecular weight is 352 g/mol. The Labute approximate surface area is 153 Å². The maximum Gasteiger partial charge on any atom is 0.291 e. The highest BCUT2D eigenvalue weighted by atomic mass is 16.2. The summed E-state index contributed by atoms with van der Waals surface area (Å²) in [5.41, 5.74) is 1.06. The first-order valence-electron chi connectivity index (χ1n) is 9.05. The number of aromatic nitrogens is 4. The fourth-order valence-corrected chi connectivity index (χ4v) is 3.83. The molecule has 0 spiro atoms. The highest BCUT2D eigenvalue weighted by molar-refractivity contribution is 5.90. The number of rotatable bonds is 2. The first kappa shape index (κ1) is 16.9. The van der Waals surface area contributed by atoms with Gasteiger partial charge in [-0.05, 0) is 6.07 Å². The van der Waals surface area contributed by atoms with Crippen molar-refractivity contribution in [3.63, 3.8) is 0 Å². The third kappa shape index (κ3) is 3.13. The summed E-state index contributed by atoms with van der Waals surface area (Å²) < 4.78 is 0. The number of anilines is 1. The van der Waals surface area contributed by atoms with Crippen LogP contribution in [0.4, 0.5) is 5.82 Å². The lowest BCUT2D eigenvalue weighted by Crippen LogP contribution is -2.34. The predicted molar refractivity (Wildman–Crippen MR) is 97.9 cm³/mol. The Kier molecular flexibility index (Phi) is 4.09. The molecule has 2 aliphatic heterocycles.